The van der Waals surface area contributed by atoms with Gasteiger partial charge in [0.15, 0.2) is 5.65 Å². The van der Waals surface area contributed by atoms with E-state index in [1.165, 1.54) is 0 Å². The van der Waals surface area contributed by atoms with Gasteiger partial charge >= 0.3 is 0 Å². The van der Waals surface area contributed by atoms with Gasteiger partial charge in [-0.3, -0.25) is 9.59 Å². The van der Waals surface area contributed by atoms with Crippen LogP contribution in [-0.4, -0.2) is 52.4 Å². The minimum atomic E-state index is -0.162. The van der Waals surface area contributed by atoms with Crippen molar-refractivity contribution in [3.05, 3.63) is 47.3 Å². The summed E-state index contributed by atoms with van der Waals surface area (Å²) in [6, 6.07) is 7.53. The number of benzene rings is 1. The Bertz CT molecular complexity index is 1230. The summed E-state index contributed by atoms with van der Waals surface area (Å²) in [5.41, 5.74) is 5.07. The number of pyridine rings is 1. The molecule has 2 aliphatic rings. The second kappa shape index (κ2) is 10.0. The molecule has 0 atom stereocenters. The van der Waals surface area contributed by atoms with Crippen molar-refractivity contribution in [3.8, 4) is 0 Å². The summed E-state index contributed by atoms with van der Waals surface area (Å²) in [6.07, 6.45) is 5.18. The molecule has 5 rings (SSSR count). The van der Waals surface area contributed by atoms with E-state index >= 15 is 0 Å². The van der Waals surface area contributed by atoms with Gasteiger partial charge in [-0.05, 0) is 57.4 Å². The van der Waals surface area contributed by atoms with Crippen LogP contribution in [0.4, 0.5) is 11.4 Å². The van der Waals surface area contributed by atoms with Gasteiger partial charge in [-0.15, -0.1) is 0 Å². The van der Waals surface area contributed by atoms with Crippen molar-refractivity contribution >= 4 is 34.2 Å². The SMILES string of the molecule is CCn1ncc2c(NC3CCOCC3)c(CNC(=O)c3ccc(N4CCCC4=O)cc3)c(C)nc21. The van der Waals surface area contributed by atoms with Crippen LogP contribution in [-0.2, 0) is 22.6 Å². The lowest BCUT2D eigenvalue weighted by Gasteiger charge is -2.26. The summed E-state index contributed by atoms with van der Waals surface area (Å²) >= 11 is 0. The average Bonchev–Trinajstić information content (AvgIpc) is 3.50. The molecule has 0 spiro atoms. The highest BCUT2D eigenvalue weighted by molar-refractivity contribution is 5.98. The molecule has 0 unspecified atom stereocenters. The molecule has 2 aliphatic heterocycles. The molecule has 184 valence electrons. The Hall–Kier alpha value is -3.46. The number of nitrogens with zero attached hydrogens (tertiary/aromatic N) is 4. The van der Waals surface area contributed by atoms with Crippen molar-refractivity contribution in [2.75, 3.05) is 30.0 Å². The number of amides is 2. The molecule has 3 aromatic rings. The first kappa shape index (κ1) is 23.3. The zero-order valence-electron chi connectivity index (χ0n) is 20.3. The summed E-state index contributed by atoms with van der Waals surface area (Å²) in [4.78, 5) is 31.6. The quantitative estimate of drug-likeness (QED) is 0.542. The highest BCUT2D eigenvalue weighted by Gasteiger charge is 2.23. The summed E-state index contributed by atoms with van der Waals surface area (Å²) in [7, 11) is 0. The topological polar surface area (TPSA) is 101 Å². The molecule has 0 saturated carbocycles. The number of anilines is 2. The fourth-order valence-electron chi connectivity index (χ4n) is 4.89. The monoisotopic (exact) mass is 476 g/mol. The van der Waals surface area contributed by atoms with Crippen LogP contribution in [0.1, 0.15) is 54.2 Å². The first-order valence-corrected chi connectivity index (χ1v) is 12.4. The number of rotatable bonds is 7. The molecule has 2 saturated heterocycles. The fraction of sp³-hybridized carbons (Fsp3) is 0.462. The van der Waals surface area contributed by atoms with E-state index in [9.17, 15) is 9.59 Å². The molecule has 2 aromatic heterocycles. The number of carbonyl (C=O) groups is 2. The van der Waals surface area contributed by atoms with Crippen LogP contribution in [0.15, 0.2) is 30.5 Å². The molecule has 9 nitrogen and oxygen atoms in total. The Kier molecular flexibility index (Phi) is 6.68. The molecule has 1 aromatic carbocycles. The molecule has 35 heavy (non-hydrogen) atoms. The lowest BCUT2D eigenvalue weighted by atomic mass is 10.0. The van der Waals surface area contributed by atoms with Crippen molar-refractivity contribution in [1.82, 2.24) is 20.1 Å². The van der Waals surface area contributed by atoms with Crippen LogP contribution in [0, 0.1) is 6.92 Å². The number of nitrogens with one attached hydrogen (secondary N) is 2. The van der Waals surface area contributed by atoms with E-state index in [4.69, 9.17) is 9.72 Å². The van der Waals surface area contributed by atoms with Gasteiger partial charge in [-0.2, -0.15) is 5.10 Å². The molecule has 0 aliphatic carbocycles. The smallest absolute Gasteiger partial charge is 0.251 e. The Balaban J connectivity index is 1.37. The summed E-state index contributed by atoms with van der Waals surface area (Å²) in [5.74, 6) is -0.0263. The van der Waals surface area contributed by atoms with Gasteiger partial charge in [0.2, 0.25) is 5.91 Å². The molecule has 4 heterocycles. The van der Waals surface area contributed by atoms with Crippen molar-refractivity contribution < 1.29 is 14.3 Å². The van der Waals surface area contributed by atoms with E-state index in [1.54, 1.807) is 17.0 Å². The Morgan fingerprint density at radius 1 is 1.20 bits per heavy atom. The van der Waals surface area contributed by atoms with Gasteiger partial charge in [0, 0.05) is 67.8 Å². The summed E-state index contributed by atoms with van der Waals surface area (Å²) in [5, 5.41) is 12.3. The van der Waals surface area contributed by atoms with Gasteiger partial charge in [0.1, 0.15) is 0 Å². The van der Waals surface area contributed by atoms with Crippen molar-refractivity contribution in [3.63, 3.8) is 0 Å². The van der Waals surface area contributed by atoms with Crippen molar-refractivity contribution in [2.24, 2.45) is 0 Å². The largest absolute Gasteiger partial charge is 0.381 e. The van der Waals surface area contributed by atoms with E-state index in [0.29, 0.717) is 24.6 Å². The third-order valence-corrected chi connectivity index (χ3v) is 6.90. The van der Waals surface area contributed by atoms with Gasteiger partial charge in [0.25, 0.3) is 5.91 Å². The van der Waals surface area contributed by atoms with E-state index in [2.05, 4.69) is 15.7 Å². The maximum atomic E-state index is 13.0. The van der Waals surface area contributed by atoms with Crippen LogP contribution in [0.5, 0.6) is 0 Å². The van der Waals surface area contributed by atoms with E-state index in [1.807, 2.05) is 36.9 Å². The maximum absolute atomic E-state index is 13.0. The third kappa shape index (κ3) is 4.73. The van der Waals surface area contributed by atoms with Gasteiger partial charge < -0.3 is 20.3 Å². The second-order valence-electron chi connectivity index (χ2n) is 9.16. The zero-order valence-corrected chi connectivity index (χ0v) is 20.3. The van der Waals surface area contributed by atoms with Crippen LogP contribution < -0.4 is 15.5 Å². The van der Waals surface area contributed by atoms with E-state index < -0.39 is 0 Å². The molecule has 2 amide bonds. The van der Waals surface area contributed by atoms with Crippen LogP contribution in [0.3, 0.4) is 0 Å². The average molecular weight is 477 g/mol. The highest BCUT2D eigenvalue weighted by atomic mass is 16.5. The number of hydrogen-bond donors (Lipinski definition) is 2. The molecule has 0 radical (unpaired) electrons. The minimum absolute atomic E-state index is 0.136. The predicted octanol–water partition coefficient (Wildman–Crippen LogP) is 3.41. The predicted molar refractivity (Wildman–Crippen MR) is 135 cm³/mol. The lowest BCUT2D eigenvalue weighted by Crippen LogP contribution is -2.30. The van der Waals surface area contributed by atoms with E-state index in [0.717, 1.165) is 79.2 Å². The molecular weight excluding hydrogens is 444 g/mol. The highest BCUT2D eigenvalue weighted by Crippen LogP contribution is 2.30. The molecule has 2 fully saturated rings. The number of fused-ring (bicyclic) bond motifs is 1. The second-order valence-corrected chi connectivity index (χ2v) is 9.16. The third-order valence-electron chi connectivity index (χ3n) is 6.90. The van der Waals surface area contributed by atoms with Gasteiger partial charge in [0.05, 0.1) is 17.3 Å². The van der Waals surface area contributed by atoms with Gasteiger partial charge in [-0.1, -0.05) is 0 Å². The molecule has 2 N–H and O–H groups in total. The first-order valence-electron chi connectivity index (χ1n) is 12.4. The van der Waals surface area contributed by atoms with Gasteiger partial charge in [-0.25, -0.2) is 9.67 Å². The normalized spacial score (nSPS) is 16.7. The van der Waals surface area contributed by atoms with Crippen LogP contribution >= 0.6 is 0 Å². The number of hydrogen-bond acceptors (Lipinski definition) is 6. The molecule has 0 bridgehead atoms. The number of carbonyl (C=O) groups excluding carboxylic acids is 2. The summed E-state index contributed by atoms with van der Waals surface area (Å²) < 4.78 is 7.42. The fourth-order valence-corrected chi connectivity index (χ4v) is 4.89. The minimum Gasteiger partial charge on any atom is -0.381 e. The van der Waals surface area contributed by atoms with Crippen molar-refractivity contribution in [1.29, 1.82) is 0 Å². The lowest BCUT2D eigenvalue weighted by molar-refractivity contribution is -0.117. The standard InChI is InChI=1S/C26H32N6O3/c1-3-32-25-22(16-28-32)24(30-19-10-13-35-14-11-19)21(17(2)29-25)15-27-26(34)18-6-8-20(9-7-18)31-12-4-5-23(31)33/h6-9,16,19H,3-5,10-15H2,1-2H3,(H,27,34)(H,29,30). The first-order chi connectivity index (χ1) is 17.0. The molecule has 9 heteroatoms. The number of aryl methyl sites for hydroxylation is 2. The summed E-state index contributed by atoms with van der Waals surface area (Å²) in [6.45, 7) is 7.33. The number of aromatic nitrogens is 3. The Morgan fingerprint density at radius 2 is 1.97 bits per heavy atom. The van der Waals surface area contributed by atoms with E-state index in [-0.39, 0.29) is 11.8 Å². The Labute approximate surface area is 204 Å². The zero-order chi connectivity index (χ0) is 24.4. The van der Waals surface area contributed by atoms with Crippen LogP contribution in [0.25, 0.3) is 11.0 Å². The Morgan fingerprint density at radius 3 is 2.66 bits per heavy atom. The van der Waals surface area contributed by atoms with Crippen molar-refractivity contribution in [2.45, 2.75) is 58.7 Å². The van der Waals surface area contributed by atoms with Crippen LogP contribution in [0.2, 0.25) is 0 Å². The maximum Gasteiger partial charge on any atom is 0.251 e. The number of ether oxygens (including phenoxy) is 1. The molecular formula is C26H32N6O3.